The Morgan fingerprint density at radius 2 is 2.09 bits per heavy atom. The normalized spacial score (nSPS) is 18.1. The summed E-state index contributed by atoms with van der Waals surface area (Å²) < 4.78 is 13.5. The summed E-state index contributed by atoms with van der Waals surface area (Å²) in [6, 6.07) is 6.46. The summed E-state index contributed by atoms with van der Waals surface area (Å²) in [6.45, 7) is 2.83. The molecule has 0 aromatic heterocycles. The van der Waals surface area contributed by atoms with Crippen molar-refractivity contribution in [1.82, 2.24) is 10.2 Å². The average molecular weight is 306 g/mol. The highest BCUT2D eigenvalue weighted by Gasteiger charge is 2.25. The number of amides is 2. The van der Waals surface area contributed by atoms with Gasteiger partial charge in [0.05, 0.1) is 13.0 Å². The largest absolute Gasteiger partial charge is 0.347 e. The fourth-order valence-corrected chi connectivity index (χ4v) is 2.91. The van der Waals surface area contributed by atoms with Crippen LogP contribution in [0.3, 0.4) is 0 Å². The summed E-state index contributed by atoms with van der Waals surface area (Å²) in [5, 5.41) is 2.60. The molecule has 0 radical (unpaired) electrons. The van der Waals surface area contributed by atoms with Gasteiger partial charge < -0.3 is 10.2 Å². The van der Waals surface area contributed by atoms with E-state index < -0.39 is 5.82 Å². The Balaban J connectivity index is 1.83. The lowest BCUT2D eigenvalue weighted by molar-refractivity contribution is -0.136. The van der Waals surface area contributed by atoms with E-state index in [1.807, 2.05) is 4.90 Å². The molecule has 1 heterocycles. The van der Waals surface area contributed by atoms with E-state index in [2.05, 4.69) is 12.2 Å². The van der Waals surface area contributed by atoms with Crippen molar-refractivity contribution in [2.45, 2.75) is 45.1 Å². The lowest BCUT2D eigenvalue weighted by atomic mass is 10.00. The fraction of sp³-hybridized carbons (Fsp3) is 0.529. The Morgan fingerprint density at radius 1 is 1.32 bits per heavy atom. The molecule has 0 spiro atoms. The van der Waals surface area contributed by atoms with Gasteiger partial charge in [-0.05, 0) is 37.3 Å². The minimum Gasteiger partial charge on any atom is -0.347 e. The zero-order valence-electron chi connectivity index (χ0n) is 13.0. The lowest BCUT2D eigenvalue weighted by Crippen LogP contribution is -2.47. The molecule has 1 saturated heterocycles. The van der Waals surface area contributed by atoms with Gasteiger partial charge in [-0.25, -0.2) is 4.39 Å². The summed E-state index contributed by atoms with van der Waals surface area (Å²) in [5.41, 5.74) is 0.344. The number of nitrogens with one attached hydrogen (secondary N) is 1. The van der Waals surface area contributed by atoms with Gasteiger partial charge in [-0.1, -0.05) is 25.1 Å². The minimum atomic E-state index is -0.397. The van der Waals surface area contributed by atoms with Crippen LogP contribution in [0.15, 0.2) is 24.3 Å². The van der Waals surface area contributed by atoms with Crippen molar-refractivity contribution in [3.05, 3.63) is 35.6 Å². The molecule has 1 aromatic rings. The van der Waals surface area contributed by atoms with Gasteiger partial charge in [0, 0.05) is 12.6 Å². The molecule has 120 valence electrons. The molecule has 5 heteroatoms. The number of carbonyl (C=O) groups is 2. The van der Waals surface area contributed by atoms with Crippen LogP contribution in [0.2, 0.25) is 0 Å². The highest BCUT2D eigenvalue weighted by atomic mass is 19.1. The Hall–Kier alpha value is -1.91. The van der Waals surface area contributed by atoms with Crippen LogP contribution in [0, 0.1) is 5.82 Å². The Morgan fingerprint density at radius 3 is 2.82 bits per heavy atom. The molecule has 22 heavy (non-hydrogen) atoms. The van der Waals surface area contributed by atoms with Crippen molar-refractivity contribution in [2.75, 3.05) is 13.1 Å². The maximum atomic E-state index is 13.5. The van der Waals surface area contributed by atoms with E-state index in [0.717, 1.165) is 32.2 Å². The fourth-order valence-electron chi connectivity index (χ4n) is 2.91. The van der Waals surface area contributed by atoms with E-state index in [1.165, 1.54) is 6.07 Å². The van der Waals surface area contributed by atoms with Crippen molar-refractivity contribution in [2.24, 2.45) is 0 Å². The van der Waals surface area contributed by atoms with E-state index in [9.17, 15) is 14.0 Å². The van der Waals surface area contributed by atoms with Gasteiger partial charge in [0.2, 0.25) is 11.8 Å². The van der Waals surface area contributed by atoms with Gasteiger partial charge in [-0.2, -0.15) is 0 Å². The number of likely N-dealkylation sites (tertiary alicyclic amines) is 1. The second-order valence-corrected chi connectivity index (χ2v) is 5.69. The summed E-state index contributed by atoms with van der Waals surface area (Å²) in [7, 11) is 0. The molecule has 2 rings (SSSR count). The molecule has 0 aliphatic carbocycles. The third-order valence-corrected chi connectivity index (χ3v) is 4.16. The van der Waals surface area contributed by atoms with Crippen LogP contribution in [0.5, 0.6) is 0 Å². The standard InChI is InChI=1S/C17H23FN2O2/c1-2-14-8-5-6-10-20(14)17(22)12-19-16(21)11-13-7-3-4-9-15(13)18/h3-4,7,9,14H,2,5-6,8,10-12H2,1H3,(H,19,21). The van der Waals surface area contributed by atoms with Crippen molar-refractivity contribution in [3.8, 4) is 0 Å². The van der Waals surface area contributed by atoms with Gasteiger partial charge in [0.15, 0.2) is 0 Å². The molecular weight excluding hydrogens is 283 g/mol. The summed E-state index contributed by atoms with van der Waals surface area (Å²) >= 11 is 0. The first-order valence-electron chi connectivity index (χ1n) is 7.91. The molecule has 0 saturated carbocycles. The molecule has 1 atom stereocenters. The molecule has 1 unspecified atom stereocenters. The Bertz CT molecular complexity index is 533. The number of hydrogen-bond acceptors (Lipinski definition) is 2. The van der Waals surface area contributed by atoms with Crippen molar-refractivity contribution in [1.29, 1.82) is 0 Å². The summed E-state index contributed by atoms with van der Waals surface area (Å²) in [6.07, 6.45) is 4.10. The molecule has 1 fully saturated rings. The second-order valence-electron chi connectivity index (χ2n) is 5.69. The molecular formula is C17H23FN2O2. The predicted molar refractivity (Wildman–Crippen MR) is 82.8 cm³/mol. The zero-order valence-corrected chi connectivity index (χ0v) is 13.0. The number of halogens is 1. The van der Waals surface area contributed by atoms with Crippen molar-refractivity contribution in [3.63, 3.8) is 0 Å². The highest BCUT2D eigenvalue weighted by molar-refractivity contribution is 5.86. The van der Waals surface area contributed by atoms with Crippen LogP contribution in [0.1, 0.15) is 38.2 Å². The van der Waals surface area contributed by atoms with E-state index in [1.54, 1.807) is 18.2 Å². The molecule has 1 aliphatic heterocycles. The maximum Gasteiger partial charge on any atom is 0.242 e. The number of rotatable bonds is 5. The number of benzene rings is 1. The van der Waals surface area contributed by atoms with Crippen LogP contribution in [0.4, 0.5) is 4.39 Å². The van der Waals surface area contributed by atoms with E-state index in [-0.39, 0.29) is 30.8 Å². The molecule has 1 aromatic carbocycles. The zero-order chi connectivity index (χ0) is 15.9. The average Bonchev–Trinajstić information content (AvgIpc) is 2.54. The van der Waals surface area contributed by atoms with E-state index in [4.69, 9.17) is 0 Å². The first kappa shape index (κ1) is 16.5. The predicted octanol–water partition coefficient (Wildman–Crippen LogP) is 2.28. The first-order chi connectivity index (χ1) is 10.6. The Kier molecular flexibility index (Phi) is 5.92. The van der Waals surface area contributed by atoms with Crippen molar-refractivity contribution < 1.29 is 14.0 Å². The van der Waals surface area contributed by atoms with Crippen LogP contribution in [-0.2, 0) is 16.0 Å². The topological polar surface area (TPSA) is 49.4 Å². The SMILES string of the molecule is CCC1CCCCN1C(=O)CNC(=O)Cc1ccccc1F. The number of nitrogens with zero attached hydrogens (tertiary/aromatic N) is 1. The molecule has 0 bridgehead atoms. The van der Waals surface area contributed by atoms with Crippen LogP contribution < -0.4 is 5.32 Å². The van der Waals surface area contributed by atoms with Gasteiger partial charge in [0.1, 0.15) is 5.82 Å². The smallest absolute Gasteiger partial charge is 0.242 e. The minimum absolute atomic E-state index is 0.0101. The third-order valence-electron chi connectivity index (χ3n) is 4.16. The van der Waals surface area contributed by atoms with Gasteiger partial charge >= 0.3 is 0 Å². The number of hydrogen-bond donors (Lipinski definition) is 1. The van der Waals surface area contributed by atoms with Crippen LogP contribution in [-0.4, -0.2) is 35.8 Å². The molecule has 4 nitrogen and oxygen atoms in total. The second kappa shape index (κ2) is 7.92. The van der Waals surface area contributed by atoms with Gasteiger partial charge in [0.25, 0.3) is 0 Å². The van der Waals surface area contributed by atoms with Gasteiger partial charge in [-0.3, -0.25) is 9.59 Å². The van der Waals surface area contributed by atoms with Crippen molar-refractivity contribution >= 4 is 11.8 Å². The number of carbonyl (C=O) groups excluding carboxylic acids is 2. The summed E-state index contributed by atoms with van der Waals surface area (Å²) in [5.74, 6) is -0.775. The van der Waals surface area contributed by atoms with Gasteiger partial charge in [-0.15, -0.1) is 0 Å². The molecule has 1 aliphatic rings. The maximum absolute atomic E-state index is 13.5. The van der Waals surface area contributed by atoms with E-state index in [0.29, 0.717) is 5.56 Å². The van der Waals surface area contributed by atoms with Crippen LogP contribution >= 0.6 is 0 Å². The number of piperidine rings is 1. The summed E-state index contributed by atoms with van der Waals surface area (Å²) in [4.78, 5) is 26.0. The Labute approximate surface area is 130 Å². The quantitative estimate of drug-likeness (QED) is 0.907. The lowest BCUT2D eigenvalue weighted by Gasteiger charge is -2.35. The molecule has 1 N–H and O–H groups in total. The first-order valence-corrected chi connectivity index (χ1v) is 7.91. The highest BCUT2D eigenvalue weighted by Crippen LogP contribution is 2.19. The third kappa shape index (κ3) is 4.29. The molecule has 2 amide bonds. The van der Waals surface area contributed by atoms with E-state index >= 15 is 0 Å². The van der Waals surface area contributed by atoms with Crippen LogP contribution in [0.25, 0.3) is 0 Å². The monoisotopic (exact) mass is 306 g/mol.